The van der Waals surface area contributed by atoms with Crippen LogP contribution < -0.4 is 0 Å². The maximum Gasteiger partial charge on any atom is 0.304 e. The molecule has 94 valence electrons. The quantitative estimate of drug-likeness (QED) is 0.869. The molecule has 0 aliphatic carbocycles. The van der Waals surface area contributed by atoms with Gasteiger partial charge < -0.3 is 10.1 Å². The fourth-order valence-electron chi connectivity index (χ4n) is 2.17. The van der Waals surface area contributed by atoms with Crippen molar-refractivity contribution in [2.75, 3.05) is 0 Å². The summed E-state index contributed by atoms with van der Waals surface area (Å²) in [5, 5.41) is 9.01. The number of aromatic nitrogens is 2. The topological polar surface area (TPSA) is 66.0 Å². The van der Waals surface area contributed by atoms with Gasteiger partial charge in [-0.05, 0) is 5.56 Å². The number of carbonyl (C=O) groups is 1. The number of aliphatic carboxylic acids is 1. The Labute approximate surface area is 106 Å². The van der Waals surface area contributed by atoms with Crippen molar-refractivity contribution in [3.05, 3.63) is 42.2 Å². The lowest BCUT2D eigenvalue weighted by Crippen LogP contribution is -2.22. The monoisotopic (exact) mass is 244 g/mol. The lowest BCUT2D eigenvalue weighted by molar-refractivity contribution is -0.138. The number of nitrogens with one attached hydrogen (secondary N) is 1. The molecule has 4 heteroatoms. The number of rotatable bonds is 4. The Morgan fingerprint density at radius 3 is 2.72 bits per heavy atom. The average molecular weight is 244 g/mol. The van der Waals surface area contributed by atoms with E-state index >= 15 is 0 Å². The van der Waals surface area contributed by atoms with Gasteiger partial charge >= 0.3 is 5.97 Å². The number of aromatic amines is 1. The van der Waals surface area contributed by atoms with Crippen LogP contribution in [0, 0.1) is 0 Å². The molecule has 0 bridgehead atoms. The number of hydrogen-bond acceptors (Lipinski definition) is 2. The van der Waals surface area contributed by atoms with E-state index in [9.17, 15) is 4.79 Å². The summed E-state index contributed by atoms with van der Waals surface area (Å²) in [6.07, 6.45) is 3.54. The zero-order chi connectivity index (χ0) is 13.2. The standard InChI is InChI=1S/C14H16N2O2/c1-14(2,9-12(17)18)11-6-4-3-5-10(11)13-15-7-8-16-13/h3-8H,9H2,1-2H3,(H,15,16)(H,17,18). The lowest BCUT2D eigenvalue weighted by Gasteiger charge is -2.25. The fourth-order valence-corrected chi connectivity index (χ4v) is 2.17. The van der Waals surface area contributed by atoms with E-state index in [2.05, 4.69) is 9.97 Å². The minimum absolute atomic E-state index is 0.0880. The number of hydrogen-bond donors (Lipinski definition) is 2. The highest BCUT2D eigenvalue weighted by Crippen LogP contribution is 2.33. The SMILES string of the molecule is CC(C)(CC(=O)O)c1ccccc1-c1ncc[nH]1. The molecule has 1 aromatic carbocycles. The Morgan fingerprint density at radius 1 is 1.39 bits per heavy atom. The van der Waals surface area contributed by atoms with Crippen LogP contribution in [0.15, 0.2) is 36.7 Å². The van der Waals surface area contributed by atoms with Crippen molar-refractivity contribution in [3.8, 4) is 11.4 Å². The van der Waals surface area contributed by atoms with Crippen LogP contribution in [-0.4, -0.2) is 21.0 Å². The summed E-state index contributed by atoms with van der Waals surface area (Å²) in [5.41, 5.74) is 1.51. The first kappa shape index (κ1) is 12.4. The molecule has 0 amide bonds. The molecule has 2 aromatic rings. The number of benzene rings is 1. The van der Waals surface area contributed by atoms with E-state index in [-0.39, 0.29) is 6.42 Å². The highest BCUT2D eigenvalue weighted by molar-refractivity contribution is 5.71. The third-order valence-electron chi connectivity index (χ3n) is 3.00. The van der Waals surface area contributed by atoms with Crippen molar-refractivity contribution >= 4 is 5.97 Å². The summed E-state index contributed by atoms with van der Waals surface area (Å²) in [4.78, 5) is 18.3. The van der Waals surface area contributed by atoms with E-state index in [1.807, 2.05) is 38.1 Å². The molecule has 0 fully saturated rings. The van der Waals surface area contributed by atoms with Crippen LogP contribution in [0.25, 0.3) is 11.4 Å². The minimum Gasteiger partial charge on any atom is -0.481 e. The van der Waals surface area contributed by atoms with Gasteiger partial charge in [-0.25, -0.2) is 4.98 Å². The predicted molar refractivity (Wildman–Crippen MR) is 69.3 cm³/mol. The number of carboxylic acid groups (broad SMARTS) is 1. The number of nitrogens with zero attached hydrogens (tertiary/aromatic N) is 1. The molecule has 2 N–H and O–H groups in total. The zero-order valence-electron chi connectivity index (χ0n) is 10.5. The van der Waals surface area contributed by atoms with Crippen LogP contribution in [0.4, 0.5) is 0 Å². The highest BCUT2D eigenvalue weighted by atomic mass is 16.4. The highest BCUT2D eigenvalue weighted by Gasteiger charge is 2.27. The summed E-state index contributed by atoms with van der Waals surface area (Å²) in [5.74, 6) is -0.0293. The van der Waals surface area contributed by atoms with Crippen molar-refractivity contribution in [2.24, 2.45) is 0 Å². The van der Waals surface area contributed by atoms with Gasteiger partial charge in [-0.3, -0.25) is 4.79 Å². The first-order valence-corrected chi connectivity index (χ1v) is 5.82. The van der Waals surface area contributed by atoms with Gasteiger partial charge in [0.2, 0.25) is 0 Å². The number of imidazole rings is 1. The van der Waals surface area contributed by atoms with Gasteiger partial charge in [0.15, 0.2) is 0 Å². The third-order valence-corrected chi connectivity index (χ3v) is 3.00. The molecule has 0 atom stereocenters. The van der Waals surface area contributed by atoms with Gasteiger partial charge in [0.25, 0.3) is 0 Å². The smallest absolute Gasteiger partial charge is 0.304 e. The van der Waals surface area contributed by atoms with E-state index in [1.165, 1.54) is 0 Å². The number of H-pyrrole nitrogens is 1. The maximum atomic E-state index is 11.0. The molecule has 0 saturated carbocycles. The predicted octanol–water partition coefficient (Wildman–Crippen LogP) is 2.83. The van der Waals surface area contributed by atoms with Crippen LogP contribution in [0.2, 0.25) is 0 Å². The lowest BCUT2D eigenvalue weighted by atomic mass is 9.79. The van der Waals surface area contributed by atoms with Crippen molar-refractivity contribution in [1.29, 1.82) is 0 Å². The molecular formula is C14H16N2O2. The van der Waals surface area contributed by atoms with Crippen LogP contribution >= 0.6 is 0 Å². The summed E-state index contributed by atoms with van der Waals surface area (Å²) < 4.78 is 0. The Balaban J connectivity index is 2.48. The molecular weight excluding hydrogens is 228 g/mol. The normalized spacial score (nSPS) is 11.4. The van der Waals surface area contributed by atoms with Crippen molar-refractivity contribution in [2.45, 2.75) is 25.7 Å². The van der Waals surface area contributed by atoms with E-state index in [4.69, 9.17) is 5.11 Å². The zero-order valence-corrected chi connectivity index (χ0v) is 10.5. The maximum absolute atomic E-state index is 11.0. The van der Waals surface area contributed by atoms with Crippen LogP contribution in [0.5, 0.6) is 0 Å². The van der Waals surface area contributed by atoms with E-state index in [1.54, 1.807) is 12.4 Å². The van der Waals surface area contributed by atoms with E-state index < -0.39 is 11.4 Å². The number of carboxylic acids is 1. The van der Waals surface area contributed by atoms with Crippen molar-refractivity contribution in [1.82, 2.24) is 9.97 Å². The molecule has 18 heavy (non-hydrogen) atoms. The second-order valence-electron chi connectivity index (χ2n) is 4.94. The molecule has 0 aliphatic heterocycles. The average Bonchev–Trinajstić information content (AvgIpc) is 2.80. The summed E-state index contributed by atoms with van der Waals surface area (Å²) in [6.45, 7) is 3.87. The first-order chi connectivity index (χ1) is 8.50. The Morgan fingerprint density at radius 2 is 2.11 bits per heavy atom. The van der Waals surface area contributed by atoms with E-state index in [0.29, 0.717) is 0 Å². The molecule has 0 saturated heterocycles. The van der Waals surface area contributed by atoms with Crippen molar-refractivity contribution < 1.29 is 9.90 Å². The minimum atomic E-state index is -0.797. The van der Waals surface area contributed by atoms with Gasteiger partial charge in [0.05, 0.1) is 6.42 Å². The third kappa shape index (κ3) is 2.42. The Hall–Kier alpha value is -2.10. The van der Waals surface area contributed by atoms with Crippen LogP contribution in [0.3, 0.4) is 0 Å². The van der Waals surface area contributed by atoms with Gasteiger partial charge in [0.1, 0.15) is 5.82 Å². The Bertz CT molecular complexity index is 545. The first-order valence-electron chi connectivity index (χ1n) is 5.82. The largest absolute Gasteiger partial charge is 0.481 e. The second-order valence-corrected chi connectivity index (χ2v) is 4.94. The van der Waals surface area contributed by atoms with Crippen LogP contribution in [0.1, 0.15) is 25.8 Å². The summed E-state index contributed by atoms with van der Waals surface area (Å²) in [6, 6.07) is 7.77. The van der Waals surface area contributed by atoms with E-state index in [0.717, 1.165) is 17.0 Å². The second kappa shape index (κ2) is 4.64. The molecule has 1 heterocycles. The fraction of sp³-hybridized carbons (Fsp3) is 0.286. The van der Waals surface area contributed by atoms with Gasteiger partial charge in [0, 0.05) is 23.4 Å². The molecule has 0 radical (unpaired) electrons. The van der Waals surface area contributed by atoms with Crippen LogP contribution in [-0.2, 0) is 10.2 Å². The molecule has 1 aromatic heterocycles. The van der Waals surface area contributed by atoms with Crippen molar-refractivity contribution in [3.63, 3.8) is 0 Å². The van der Waals surface area contributed by atoms with Gasteiger partial charge in [-0.2, -0.15) is 0 Å². The van der Waals surface area contributed by atoms with Gasteiger partial charge in [-0.1, -0.05) is 38.1 Å². The molecule has 2 rings (SSSR count). The Kier molecular flexibility index (Phi) is 3.19. The molecule has 4 nitrogen and oxygen atoms in total. The molecule has 0 spiro atoms. The van der Waals surface area contributed by atoms with Gasteiger partial charge in [-0.15, -0.1) is 0 Å². The summed E-state index contributed by atoms with van der Waals surface area (Å²) in [7, 11) is 0. The summed E-state index contributed by atoms with van der Waals surface area (Å²) >= 11 is 0. The molecule has 0 unspecified atom stereocenters. The molecule has 0 aliphatic rings.